The predicted octanol–water partition coefficient (Wildman–Crippen LogP) is 4.13. The summed E-state index contributed by atoms with van der Waals surface area (Å²) in [6, 6.07) is 8.71. The highest BCUT2D eigenvalue weighted by Gasteiger charge is 2.04. The van der Waals surface area contributed by atoms with Crippen LogP contribution in [0.25, 0.3) is 0 Å². The third-order valence-corrected chi connectivity index (χ3v) is 4.34. The summed E-state index contributed by atoms with van der Waals surface area (Å²) in [4.78, 5) is 5.38. The lowest BCUT2D eigenvalue weighted by molar-refractivity contribution is 0.624. The van der Waals surface area contributed by atoms with Crippen molar-refractivity contribution >= 4 is 57.2 Å². The van der Waals surface area contributed by atoms with Crippen LogP contribution in [0, 0.1) is 5.82 Å². The number of aliphatic imine (C=N–C) groups is 1. The fourth-order valence-electron chi connectivity index (χ4n) is 1.66. The molecule has 0 fully saturated rings. The first-order chi connectivity index (χ1) is 9.69. The lowest BCUT2D eigenvalue weighted by atomic mass is 10.2. The molecule has 21 heavy (non-hydrogen) atoms. The second-order valence-corrected chi connectivity index (χ2v) is 5.98. The fraction of sp³-hybridized carbons (Fsp3) is 0.214. The van der Waals surface area contributed by atoms with Crippen LogP contribution in [0.2, 0.25) is 0 Å². The summed E-state index contributed by atoms with van der Waals surface area (Å²) < 4.78 is 14.1. The Bertz CT molecular complexity index is 590. The minimum atomic E-state index is -0.244. The minimum absolute atomic E-state index is 0. The molecule has 2 N–H and O–H groups in total. The van der Waals surface area contributed by atoms with Gasteiger partial charge in [0.2, 0.25) is 0 Å². The van der Waals surface area contributed by atoms with E-state index in [-0.39, 0.29) is 29.8 Å². The molecular weight excluding hydrogens is 468 g/mol. The fourth-order valence-corrected chi connectivity index (χ4v) is 2.69. The van der Waals surface area contributed by atoms with Gasteiger partial charge in [0.15, 0.2) is 5.96 Å². The highest BCUT2D eigenvalue weighted by Crippen LogP contribution is 2.17. The number of hydrogen-bond donors (Lipinski definition) is 2. The Morgan fingerprint density at radius 2 is 2.05 bits per heavy atom. The van der Waals surface area contributed by atoms with E-state index in [2.05, 4.69) is 37.6 Å². The summed E-state index contributed by atoms with van der Waals surface area (Å²) in [5.74, 6) is 0.445. The van der Waals surface area contributed by atoms with E-state index in [0.717, 1.165) is 16.6 Å². The van der Waals surface area contributed by atoms with Crippen molar-refractivity contribution in [3.05, 3.63) is 56.4 Å². The molecule has 2 aromatic rings. The van der Waals surface area contributed by atoms with Crippen LogP contribution in [0.5, 0.6) is 0 Å². The summed E-state index contributed by atoms with van der Waals surface area (Å²) in [7, 11) is 1.71. The summed E-state index contributed by atoms with van der Waals surface area (Å²) >= 11 is 5.10. The van der Waals surface area contributed by atoms with Gasteiger partial charge in [0.25, 0.3) is 0 Å². The van der Waals surface area contributed by atoms with E-state index in [1.54, 1.807) is 24.5 Å². The predicted molar refractivity (Wildman–Crippen MR) is 101 cm³/mol. The average Bonchev–Trinajstić information content (AvgIpc) is 2.96. The minimum Gasteiger partial charge on any atom is -0.352 e. The van der Waals surface area contributed by atoms with Crippen molar-refractivity contribution in [2.45, 2.75) is 13.1 Å². The van der Waals surface area contributed by atoms with Crippen LogP contribution in [0.4, 0.5) is 4.39 Å². The number of benzene rings is 1. The van der Waals surface area contributed by atoms with Gasteiger partial charge in [-0.15, -0.1) is 35.3 Å². The van der Waals surface area contributed by atoms with Crippen LogP contribution in [0.3, 0.4) is 0 Å². The van der Waals surface area contributed by atoms with E-state index in [1.165, 1.54) is 17.0 Å². The molecule has 0 aliphatic heterocycles. The van der Waals surface area contributed by atoms with Gasteiger partial charge in [-0.3, -0.25) is 4.99 Å². The number of halogens is 3. The van der Waals surface area contributed by atoms with Crippen molar-refractivity contribution in [3.63, 3.8) is 0 Å². The van der Waals surface area contributed by atoms with Crippen molar-refractivity contribution in [2.75, 3.05) is 7.05 Å². The zero-order chi connectivity index (χ0) is 14.4. The maximum atomic E-state index is 13.2. The average molecular weight is 484 g/mol. The van der Waals surface area contributed by atoms with Crippen LogP contribution in [0.1, 0.15) is 10.4 Å². The monoisotopic (exact) mass is 483 g/mol. The molecule has 2 rings (SSSR count). The molecule has 1 heterocycles. The van der Waals surface area contributed by atoms with Crippen LogP contribution >= 0.6 is 51.2 Å². The van der Waals surface area contributed by atoms with E-state index < -0.39 is 0 Å². The van der Waals surface area contributed by atoms with Gasteiger partial charge in [-0.1, -0.05) is 22.0 Å². The molecule has 0 aliphatic carbocycles. The van der Waals surface area contributed by atoms with Gasteiger partial charge in [-0.2, -0.15) is 0 Å². The van der Waals surface area contributed by atoms with Crippen molar-refractivity contribution in [1.29, 1.82) is 0 Å². The van der Waals surface area contributed by atoms with Gasteiger partial charge in [0, 0.05) is 22.9 Å². The van der Waals surface area contributed by atoms with Crippen LogP contribution in [0.15, 0.2) is 45.2 Å². The molecular formula is C14H16BrFIN3S. The molecule has 1 aromatic carbocycles. The molecule has 1 aromatic heterocycles. The SMILES string of the molecule is CN=C(NCc1cccs1)NCc1cc(F)ccc1Br.I. The summed E-state index contributed by atoms with van der Waals surface area (Å²) in [6.07, 6.45) is 0. The van der Waals surface area contributed by atoms with E-state index in [1.807, 2.05) is 11.4 Å². The zero-order valence-electron chi connectivity index (χ0n) is 11.4. The number of thiophene rings is 1. The highest BCUT2D eigenvalue weighted by molar-refractivity contribution is 14.0. The Balaban J connectivity index is 0.00000220. The third kappa shape index (κ3) is 5.91. The molecule has 0 unspecified atom stereocenters. The third-order valence-electron chi connectivity index (χ3n) is 2.69. The van der Waals surface area contributed by atoms with Crippen molar-refractivity contribution in [3.8, 4) is 0 Å². The van der Waals surface area contributed by atoms with Crippen LogP contribution < -0.4 is 10.6 Å². The van der Waals surface area contributed by atoms with E-state index in [0.29, 0.717) is 12.5 Å². The van der Waals surface area contributed by atoms with E-state index in [9.17, 15) is 4.39 Å². The highest BCUT2D eigenvalue weighted by atomic mass is 127. The van der Waals surface area contributed by atoms with Crippen molar-refractivity contribution in [1.82, 2.24) is 10.6 Å². The summed E-state index contributed by atoms with van der Waals surface area (Å²) in [5, 5.41) is 8.42. The maximum Gasteiger partial charge on any atom is 0.191 e. The van der Waals surface area contributed by atoms with Crippen molar-refractivity contribution < 1.29 is 4.39 Å². The first-order valence-electron chi connectivity index (χ1n) is 6.10. The van der Waals surface area contributed by atoms with Gasteiger partial charge in [0.1, 0.15) is 5.82 Å². The molecule has 0 spiro atoms. The quantitative estimate of drug-likeness (QED) is 0.389. The van der Waals surface area contributed by atoms with Gasteiger partial charge >= 0.3 is 0 Å². The number of rotatable bonds is 4. The molecule has 0 atom stereocenters. The number of nitrogens with one attached hydrogen (secondary N) is 2. The standard InChI is InChI=1S/C14H15BrFN3S.HI/c1-17-14(19-9-12-3-2-6-20-12)18-8-10-7-11(16)4-5-13(10)15;/h2-7H,8-9H2,1H3,(H2,17,18,19);1H. The Morgan fingerprint density at radius 3 is 2.71 bits per heavy atom. The Morgan fingerprint density at radius 1 is 1.29 bits per heavy atom. The lowest BCUT2D eigenvalue weighted by Gasteiger charge is -2.12. The second-order valence-electron chi connectivity index (χ2n) is 4.09. The molecule has 0 aliphatic rings. The van der Waals surface area contributed by atoms with E-state index >= 15 is 0 Å². The molecule has 0 saturated carbocycles. The second kappa shape index (κ2) is 9.37. The first kappa shape index (κ1) is 18.4. The molecule has 114 valence electrons. The summed E-state index contributed by atoms with van der Waals surface area (Å²) in [5.41, 5.74) is 0.851. The zero-order valence-corrected chi connectivity index (χ0v) is 16.1. The maximum absolute atomic E-state index is 13.2. The Hall–Kier alpha value is -0.670. The topological polar surface area (TPSA) is 36.4 Å². The molecule has 3 nitrogen and oxygen atoms in total. The van der Waals surface area contributed by atoms with Gasteiger partial charge in [-0.05, 0) is 35.2 Å². The molecule has 7 heteroatoms. The Labute approximate surface area is 153 Å². The normalized spacial score (nSPS) is 10.9. The molecule has 0 amide bonds. The largest absolute Gasteiger partial charge is 0.352 e. The van der Waals surface area contributed by atoms with Gasteiger partial charge in [0.05, 0.1) is 6.54 Å². The molecule has 0 radical (unpaired) electrons. The van der Waals surface area contributed by atoms with E-state index in [4.69, 9.17) is 0 Å². The van der Waals surface area contributed by atoms with Crippen LogP contribution in [-0.2, 0) is 13.1 Å². The van der Waals surface area contributed by atoms with Gasteiger partial charge < -0.3 is 10.6 Å². The van der Waals surface area contributed by atoms with Crippen LogP contribution in [-0.4, -0.2) is 13.0 Å². The van der Waals surface area contributed by atoms with Gasteiger partial charge in [-0.25, -0.2) is 4.39 Å². The Kier molecular flexibility index (Phi) is 8.20. The molecule has 0 bridgehead atoms. The lowest BCUT2D eigenvalue weighted by Crippen LogP contribution is -2.36. The van der Waals surface area contributed by atoms with Crippen molar-refractivity contribution in [2.24, 2.45) is 4.99 Å². The number of nitrogens with zero attached hydrogens (tertiary/aromatic N) is 1. The number of guanidine groups is 1. The first-order valence-corrected chi connectivity index (χ1v) is 7.77. The molecule has 0 saturated heterocycles. The number of hydrogen-bond acceptors (Lipinski definition) is 2. The summed E-state index contributed by atoms with van der Waals surface area (Å²) in [6.45, 7) is 1.23. The smallest absolute Gasteiger partial charge is 0.191 e.